The third-order valence-corrected chi connectivity index (χ3v) is 26.2. The van der Waals surface area contributed by atoms with Crippen LogP contribution in [0.15, 0.2) is 485 Å². The fraction of sp³-hybridized carbons (Fsp3) is 0. The molecule has 0 amide bonds. The highest BCUT2D eigenvalue weighted by Crippen LogP contribution is 2.51. The summed E-state index contributed by atoms with van der Waals surface area (Å²) in [7, 11) is 0. The van der Waals surface area contributed by atoms with Crippen LogP contribution in [-0.4, -0.2) is 18.3 Å². The first-order valence-corrected chi connectivity index (χ1v) is 44.0. The van der Waals surface area contributed by atoms with Crippen LogP contribution in [0.4, 0.5) is 34.1 Å². The van der Waals surface area contributed by atoms with Crippen LogP contribution < -0.4 is 9.80 Å². The van der Waals surface area contributed by atoms with Crippen molar-refractivity contribution in [3.63, 3.8) is 0 Å². The average Bonchev–Trinajstić information content (AvgIpc) is 1.54. The molecule has 22 aromatic carbocycles. The van der Waals surface area contributed by atoms with Gasteiger partial charge in [0.1, 0.15) is 0 Å². The second-order valence-electron chi connectivity index (χ2n) is 33.5. The molecule has 26 aromatic rings. The molecule has 4 heterocycles. The lowest BCUT2D eigenvalue weighted by molar-refractivity contribution is 1.18. The van der Waals surface area contributed by atoms with Gasteiger partial charge in [0.15, 0.2) is 0 Å². The van der Waals surface area contributed by atoms with Crippen molar-refractivity contribution >= 4 is 175 Å². The predicted molar refractivity (Wildman–Crippen MR) is 543 cm³/mol. The summed E-state index contributed by atoms with van der Waals surface area (Å²) in [5.74, 6) is 0. The van der Waals surface area contributed by atoms with Gasteiger partial charge < -0.3 is 28.1 Å². The van der Waals surface area contributed by atoms with E-state index in [2.05, 4.69) is 513 Å². The second-order valence-corrected chi connectivity index (χ2v) is 33.5. The molecule has 0 spiro atoms. The quantitative estimate of drug-likeness (QED) is 0.108. The first kappa shape index (κ1) is 73.6. The number of rotatable bonds is 13. The van der Waals surface area contributed by atoms with E-state index in [0.717, 1.165) is 78.9 Å². The van der Waals surface area contributed by atoms with Crippen LogP contribution >= 0.6 is 0 Å². The molecular weight excluding hydrogens is 1550 g/mol. The minimum Gasteiger partial charge on any atom is -0.310 e. The van der Waals surface area contributed by atoms with Crippen molar-refractivity contribution in [3.8, 4) is 56.1 Å². The normalized spacial score (nSPS) is 11.8. The summed E-state index contributed by atoms with van der Waals surface area (Å²) in [6, 6.07) is 178. The molecule has 0 bridgehead atoms. The topological polar surface area (TPSA) is 26.2 Å². The van der Waals surface area contributed by atoms with Gasteiger partial charge in [-0.25, -0.2) is 0 Å². The van der Waals surface area contributed by atoms with Gasteiger partial charge in [0.25, 0.3) is 0 Å². The van der Waals surface area contributed by atoms with Crippen LogP contribution in [0.25, 0.3) is 197 Å². The number of nitrogens with zero attached hydrogens (tertiary/aromatic N) is 6. The molecule has 0 saturated carbocycles. The van der Waals surface area contributed by atoms with E-state index in [4.69, 9.17) is 0 Å². The Kier molecular flexibility index (Phi) is 17.5. The first-order valence-electron chi connectivity index (χ1n) is 44.0. The average molecular weight is 1630 g/mol. The summed E-state index contributed by atoms with van der Waals surface area (Å²) in [4.78, 5) is 4.85. The number of hydrogen-bond donors (Lipinski definition) is 0. The molecule has 128 heavy (non-hydrogen) atoms. The number of hydrogen-bond acceptors (Lipinski definition) is 2. The zero-order valence-electron chi connectivity index (χ0n) is 69.9. The molecule has 0 fully saturated rings. The predicted octanol–water partition coefficient (Wildman–Crippen LogP) is 33.5. The maximum atomic E-state index is 2.55. The fourth-order valence-corrected chi connectivity index (χ4v) is 20.4. The molecule has 0 aliphatic carbocycles. The molecule has 0 radical (unpaired) electrons. The van der Waals surface area contributed by atoms with Crippen molar-refractivity contribution in [3.05, 3.63) is 485 Å². The van der Waals surface area contributed by atoms with Gasteiger partial charge in [0.2, 0.25) is 0 Å². The number of anilines is 6. The lowest BCUT2D eigenvalue weighted by Gasteiger charge is -2.26. The summed E-state index contributed by atoms with van der Waals surface area (Å²) >= 11 is 0. The number of aromatic nitrogens is 4. The van der Waals surface area contributed by atoms with Gasteiger partial charge in [-0.1, -0.05) is 340 Å². The first-order chi connectivity index (χ1) is 63.5. The van der Waals surface area contributed by atoms with Gasteiger partial charge in [0, 0.05) is 77.8 Å². The molecule has 0 saturated heterocycles. The zero-order valence-corrected chi connectivity index (χ0v) is 69.9. The summed E-state index contributed by atoms with van der Waals surface area (Å²) in [6.07, 6.45) is 0. The largest absolute Gasteiger partial charge is 0.310 e. The van der Waals surface area contributed by atoms with Crippen molar-refractivity contribution in [1.29, 1.82) is 0 Å². The van der Waals surface area contributed by atoms with Crippen LogP contribution in [0.3, 0.4) is 0 Å². The summed E-state index contributed by atoms with van der Waals surface area (Å²) in [5.41, 5.74) is 27.7. The summed E-state index contributed by atoms with van der Waals surface area (Å²) in [6.45, 7) is 0. The van der Waals surface area contributed by atoms with Gasteiger partial charge in [-0.05, 0) is 244 Å². The minimum absolute atomic E-state index is 1.08. The molecular formula is C122H80N6. The van der Waals surface area contributed by atoms with Gasteiger partial charge in [0.05, 0.1) is 55.5 Å². The van der Waals surface area contributed by atoms with E-state index < -0.39 is 0 Å². The highest BCUT2D eigenvalue weighted by atomic mass is 15.2. The van der Waals surface area contributed by atoms with Gasteiger partial charge in [-0.2, -0.15) is 0 Å². The third kappa shape index (κ3) is 12.3. The van der Waals surface area contributed by atoms with Crippen LogP contribution in [-0.2, 0) is 0 Å². The smallest absolute Gasteiger partial charge is 0.0804 e. The Labute approximate surface area is 739 Å². The number of fused-ring (bicyclic) bond motifs is 18. The third-order valence-electron chi connectivity index (χ3n) is 26.2. The van der Waals surface area contributed by atoms with E-state index >= 15 is 0 Å². The van der Waals surface area contributed by atoms with E-state index in [1.165, 1.54) is 152 Å². The molecule has 26 rings (SSSR count). The lowest BCUT2D eigenvalue weighted by atomic mass is 9.97. The number of para-hydroxylation sites is 2. The van der Waals surface area contributed by atoms with Gasteiger partial charge >= 0.3 is 0 Å². The Hall–Kier alpha value is -17.1. The maximum absolute atomic E-state index is 2.55. The second kappa shape index (κ2) is 30.5. The van der Waals surface area contributed by atoms with Crippen LogP contribution in [0.2, 0.25) is 0 Å². The van der Waals surface area contributed by atoms with E-state index in [1.54, 1.807) is 0 Å². The highest BCUT2D eigenvalue weighted by Gasteiger charge is 2.29. The lowest BCUT2D eigenvalue weighted by Crippen LogP contribution is -2.10. The molecule has 6 nitrogen and oxygen atoms in total. The SMILES string of the molecule is c1ccc(-c2ccc3c(c2)c2c(c4cc(N(c5ccc6ccccc6c5)c5ccc6ccccc6c5)ccc4n2-c2cc4ccccc4c4ccccc24)n3-c2ccccc2)cc1.c1ccc(-c2ccc3c(c2)c2c(c4cc(N(c5ccc6ccccc6c5)c5ccc6ccccc6c5)ccc4n2-c2ccc(-c4ccccc4)c4ccccc24)n3-c2ccccc2)cc1. The van der Waals surface area contributed by atoms with Crippen LogP contribution in [0, 0.1) is 0 Å². The molecule has 0 atom stereocenters. The summed E-state index contributed by atoms with van der Waals surface area (Å²) in [5, 5.41) is 21.8. The fourth-order valence-electron chi connectivity index (χ4n) is 20.4. The Bertz CT molecular complexity index is 8730. The van der Waals surface area contributed by atoms with Crippen molar-refractivity contribution in [2.45, 2.75) is 0 Å². The van der Waals surface area contributed by atoms with E-state index in [0.29, 0.717) is 0 Å². The van der Waals surface area contributed by atoms with Crippen LogP contribution in [0.1, 0.15) is 0 Å². The standard InChI is InChI=1S/C62H41N3.C60H39N3/c1-4-16-42(17-5-1)48-30-35-59-56(40-48)62-61(64(59)49-24-8-3-9-25-49)57-41-52(33-36-60(57)65(62)58-37-34-53(45-20-6-2-7-21-45)54-26-14-15-27-55(54)58)63(50-31-28-43-18-10-12-22-46(43)38-50)51-32-29-44-19-11-13-23-47(44)39-51;1-3-15-40(16-4-1)45-29-33-56-54(37-45)60-59(62(56)47-22-5-2-6-23-47)55-39-50(32-34-57(55)63(60)58-38-46-21-11-12-24-51(46)52-25-13-14-26-53(52)58)61(48-30-27-41-17-7-9-19-43(41)35-48)49-31-28-42-18-8-10-20-44(42)36-49/h1-41H;1-39H. The molecule has 0 aliphatic heterocycles. The van der Waals surface area contributed by atoms with Crippen molar-refractivity contribution in [1.82, 2.24) is 18.3 Å². The van der Waals surface area contributed by atoms with Crippen molar-refractivity contribution in [2.75, 3.05) is 9.80 Å². The minimum atomic E-state index is 1.08. The molecule has 0 N–H and O–H groups in total. The van der Waals surface area contributed by atoms with E-state index in [1.807, 2.05) is 0 Å². The monoisotopic (exact) mass is 1630 g/mol. The highest BCUT2D eigenvalue weighted by molar-refractivity contribution is 6.25. The Balaban J connectivity index is 0.000000139. The van der Waals surface area contributed by atoms with Gasteiger partial charge in [-0.3, -0.25) is 0 Å². The van der Waals surface area contributed by atoms with E-state index in [9.17, 15) is 0 Å². The van der Waals surface area contributed by atoms with Crippen molar-refractivity contribution < 1.29 is 0 Å². The van der Waals surface area contributed by atoms with Gasteiger partial charge in [-0.15, -0.1) is 0 Å². The maximum Gasteiger partial charge on any atom is 0.0804 e. The summed E-state index contributed by atoms with van der Waals surface area (Å²) < 4.78 is 10.1. The van der Waals surface area contributed by atoms with Crippen LogP contribution in [0.5, 0.6) is 0 Å². The molecule has 4 aromatic heterocycles. The van der Waals surface area contributed by atoms with E-state index in [-0.39, 0.29) is 0 Å². The molecule has 6 heteroatoms. The number of benzene rings is 22. The molecule has 0 unspecified atom stereocenters. The Morgan fingerprint density at radius 2 is 0.430 bits per heavy atom. The molecule has 598 valence electrons. The zero-order chi connectivity index (χ0) is 84.3. The molecule has 0 aliphatic rings. The Morgan fingerprint density at radius 3 is 0.852 bits per heavy atom. The van der Waals surface area contributed by atoms with Crippen molar-refractivity contribution in [2.24, 2.45) is 0 Å². The Morgan fingerprint density at radius 1 is 0.141 bits per heavy atom.